The quantitative estimate of drug-likeness (QED) is 0.729. The van der Waals surface area contributed by atoms with Crippen molar-refractivity contribution in [1.29, 1.82) is 0 Å². The predicted molar refractivity (Wildman–Crippen MR) is 60.0 cm³/mol. The van der Waals surface area contributed by atoms with Crippen LogP contribution in [0.3, 0.4) is 0 Å². The molecule has 15 heavy (non-hydrogen) atoms. The number of para-hydroxylation sites is 1. The van der Waals surface area contributed by atoms with Crippen LogP contribution in [0.5, 0.6) is 0 Å². The Hall–Kier alpha value is -1.55. The molecule has 1 aromatic rings. The van der Waals surface area contributed by atoms with Crippen LogP contribution in [0, 0.1) is 0 Å². The molecule has 0 fully saturated rings. The van der Waals surface area contributed by atoms with Crippen molar-refractivity contribution < 1.29 is 9.90 Å². The van der Waals surface area contributed by atoms with Crippen molar-refractivity contribution in [2.75, 3.05) is 24.5 Å². The summed E-state index contributed by atoms with van der Waals surface area (Å²) in [5.74, 6) is -0.784. The van der Waals surface area contributed by atoms with Crippen LogP contribution in [0.1, 0.15) is 6.42 Å². The summed E-state index contributed by atoms with van der Waals surface area (Å²) in [5.41, 5.74) is 6.50. The van der Waals surface area contributed by atoms with Crippen LogP contribution >= 0.6 is 0 Å². The molecule has 0 aromatic heterocycles. The number of carboxylic acid groups (broad SMARTS) is 1. The number of anilines is 1. The molecule has 0 bridgehead atoms. The van der Waals surface area contributed by atoms with Gasteiger partial charge in [-0.1, -0.05) is 18.2 Å². The lowest BCUT2D eigenvalue weighted by Gasteiger charge is -2.23. The minimum Gasteiger partial charge on any atom is -0.481 e. The van der Waals surface area contributed by atoms with Crippen molar-refractivity contribution >= 4 is 11.7 Å². The van der Waals surface area contributed by atoms with E-state index in [1.807, 2.05) is 35.2 Å². The molecule has 0 aliphatic heterocycles. The molecule has 0 radical (unpaired) electrons. The Kier molecular flexibility index (Phi) is 4.63. The lowest BCUT2D eigenvalue weighted by atomic mass is 10.2. The van der Waals surface area contributed by atoms with E-state index in [2.05, 4.69) is 0 Å². The van der Waals surface area contributed by atoms with Crippen molar-refractivity contribution in [2.24, 2.45) is 5.73 Å². The van der Waals surface area contributed by atoms with Crippen LogP contribution in [0.4, 0.5) is 5.69 Å². The van der Waals surface area contributed by atoms with Crippen molar-refractivity contribution in [3.8, 4) is 0 Å². The second kappa shape index (κ2) is 6.03. The number of carboxylic acids is 1. The van der Waals surface area contributed by atoms with Crippen molar-refractivity contribution in [3.63, 3.8) is 0 Å². The Bertz CT molecular complexity index is 301. The maximum Gasteiger partial charge on any atom is 0.305 e. The maximum absolute atomic E-state index is 10.5. The van der Waals surface area contributed by atoms with Crippen LogP contribution < -0.4 is 10.6 Å². The summed E-state index contributed by atoms with van der Waals surface area (Å²) in [5, 5.41) is 8.62. The fourth-order valence-electron chi connectivity index (χ4n) is 1.40. The second-order valence-corrected chi connectivity index (χ2v) is 3.26. The number of benzene rings is 1. The summed E-state index contributed by atoms with van der Waals surface area (Å²) in [7, 11) is 0. The van der Waals surface area contributed by atoms with Gasteiger partial charge in [-0.15, -0.1) is 0 Å². The van der Waals surface area contributed by atoms with Gasteiger partial charge in [0.15, 0.2) is 0 Å². The van der Waals surface area contributed by atoms with Gasteiger partial charge in [-0.2, -0.15) is 0 Å². The van der Waals surface area contributed by atoms with Gasteiger partial charge in [-0.3, -0.25) is 4.79 Å². The fourth-order valence-corrected chi connectivity index (χ4v) is 1.40. The molecule has 0 heterocycles. The first-order chi connectivity index (χ1) is 7.24. The van der Waals surface area contributed by atoms with Crippen LogP contribution in [-0.2, 0) is 4.79 Å². The van der Waals surface area contributed by atoms with E-state index in [9.17, 15) is 4.79 Å². The highest BCUT2D eigenvalue weighted by Crippen LogP contribution is 2.12. The number of nitrogens with two attached hydrogens (primary N) is 1. The Labute approximate surface area is 89.3 Å². The van der Waals surface area contributed by atoms with Crippen LogP contribution in [0.2, 0.25) is 0 Å². The average molecular weight is 208 g/mol. The average Bonchev–Trinajstić information content (AvgIpc) is 2.25. The predicted octanol–water partition coefficient (Wildman–Crippen LogP) is 0.926. The van der Waals surface area contributed by atoms with Crippen LogP contribution in [-0.4, -0.2) is 30.7 Å². The fraction of sp³-hybridized carbons (Fsp3) is 0.364. The van der Waals surface area contributed by atoms with Crippen LogP contribution in [0.15, 0.2) is 30.3 Å². The van der Waals surface area contributed by atoms with Gasteiger partial charge in [0.05, 0.1) is 6.42 Å². The molecule has 0 aliphatic carbocycles. The molecule has 0 aliphatic rings. The maximum atomic E-state index is 10.5. The minimum atomic E-state index is -0.784. The Balaban J connectivity index is 2.61. The highest BCUT2D eigenvalue weighted by atomic mass is 16.4. The van der Waals surface area contributed by atoms with Crippen LogP contribution in [0.25, 0.3) is 0 Å². The van der Waals surface area contributed by atoms with Gasteiger partial charge in [0, 0.05) is 25.3 Å². The summed E-state index contributed by atoms with van der Waals surface area (Å²) in [4.78, 5) is 12.5. The molecule has 0 amide bonds. The molecule has 1 rings (SSSR count). The second-order valence-electron chi connectivity index (χ2n) is 3.26. The zero-order chi connectivity index (χ0) is 11.1. The highest BCUT2D eigenvalue weighted by molar-refractivity contribution is 5.67. The molecule has 4 heteroatoms. The summed E-state index contributed by atoms with van der Waals surface area (Å²) in [6.45, 7) is 1.70. The molecule has 3 N–H and O–H groups in total. The number of hydrogen-bond donors (Lipinski definition) is 2. The summed E-state index contributed by atoms with van der Waals surface area (Å²) in [6, 6.07) is 9.70. The Morgan fingerprint density at radius 1 is 1.27 bits per heavy atom. The molecule has 82 valence electrons. The topological polar surface area (TPSA) is 66.6 Å². The Morgan fingerprint density at radius 3 is 2.47 bits per heavy atom. The molecular formula is C11H16N2O2. The van der Waals surface area contributed by atoms with Gasteiger partial charge >= 0.3 is 5.97 Å². The number of carbonyl (C=O) groups is 1. The molecular weight excluding hydrogens is 192 g/mol. The molecule has 1 aromatic carbocycles. The zero-order valence-corrected chi connectivity index (χ0v) is 8.60. The third kappa shape index (κ3) is 3.99. The van der Waals surface area contributed by atoms with E-state index in [0.29, 0.717) is 19.6 Å². The van der Waals surface area contributed by atoms with E-state index in [1.165, 1.54) is 0 Å². The smallest absolute Gasteiger partial charge is 0.305 e. The number of nitrogens with zero attached hydrogens (tertiary/aromatic N) is 1. The van der Waals surface area contributed by atoms with Gasteiger partial charge in [0.2, 0.25) is 0 Å². The molecule has 0 saturated carbocycles. The first-order valence-corrected chi connectivity index (χ1v) is 4.96. The summed E-state index contributed by atoms with van der Waals surface area (Å²) >= 11 is 0. The van der Waals surface area contributed by atoms with Gasteiger partial charge in [-0.25, -0.2) is 0 Å². The SMILES string of the molecule is NCCN(CCC(=O)O)c1ccccc1. The van der Waals surface area contributed by atoms with Gasteiger partial charge < -0.3 is 15.7 Å². The van der Waals surface area contributed by atoms with Crippen molar-refractivity contribution in [3.05, 3.63) is 30.3 Å². The van der Waals surface area contributed by atoms with E-state index in [4.69, 9.17) is 10.8 Å². The number of rotatable bonds is 6. The first-order valence-electron chi connectivity index (χ1n) is 4.96. The summed E-state index contributed by atoms with van der Waals surface area (Å²) < 4.78 is 0. The van der Waals surface area contributed by atoms with E-state index in [1.54, 1.807) is 0 Å². The first kappa shape index (κ1) is 11.5. The number of aliphatic carboxylic acids is 1. The largest absolute Gasteiger partial charge is 0.481 e. The van der Waals surface area contributed by atoms with Gasteiger partial charge in [-0.05, 0) is 12.1 Å². The van der Waals surface area contributed by atoms with E-state index in [-0.39, 0.29) is 6.42 Å². The monoisotopic (exact) mass is 208 g/mol. The highest BCUT2D eigenvalue weighted by Gasteiger charge is 2.06. The van der Waals surface area contributed by atoms with E-state index < -0.39 is 5.97 Å². The normalized spacial score (nSPS) is 9.93. The van der Waals surface area contributed by atoms with E-state index >= 15 is 0 Å². The standard InChI is InChI=1S/C11H16N2O2/c12-7-9-13(8-6-11(14)15)10-4-2-1-3-5-10/h1-5H,6-9,12H2,(H,14,15). The lowest BCUT2D eigenvalue weighted by molar-refractivity contribution is -0.136. The third-order valence-corrected chi connectivity index (χ3v) is 2.12. The Morgan fingerprint density at radius 2 is 1.93 bits per heavy atom. The molecule has 0 unspecified atom stereocenters. The van der Waals surface area contributed by atoms with Crippen molar-refractivity contribution in [1.82, 2.24) is 0 Å². The lowest BCUT2D eigenvalue weighted by Crippen LogP contribution is -2.31. The number of hydrogen-bond acceptors (Lipinski definition) is 3. The van der Waals surface area contributed by atoms with Crippen molar-refractivity contribution in [2.45, 2.75) is 6.42 Å². The zero-order valence-electron chi connectivity index (χ0n) is 8.60. The van der Waals surface area contributed by atoms with Gasteiger partial charge in [0.1, 0.15) is 0 Å². The van der Waals surface area contributed by atoms with E-state index in [0.717, 1.165) is 5.69 Å². The molecule has 0 spiro atoms. The third-order valence-electron chi connectivity index (χ3n) is 2.12. The molecule has 0 atom stereocenters. The minimum absolute atomic E-state index is 0.134. The van der Waals surface area contributed by atoms with Gasteiger partial charge in [0.25, 0.3) is 0 Å². The summed E-state index contributed by atoms with van der Waals surface area (Å²) in [6.07, 6.45) is 0.134. The molecule has 0 saturated heterocycles. The molecule has 4 nitrogen and oxygen atoms in total.